The number of nitrogens with one attached hydrogen (secondary N) is 2. The van der Waals surface area contributed by atoms with Crippen molar-refractivity contribution in [2.24, 2.45) is 10.9 Å². The van der Waals surface area contributed by atoms with Crippen molar-refractivity contribution in [2.75, 3.05) is 32.8 Å². The maximum atomic E-state index is 6.51. The second kappa shape index (κ2) is 8.21. The molecule has 1 saturated carbocycles. The Morgan fingerprint density at radius 2 is 2.00 bits per heavy atom. The van der Waals surface area contributed by atoms with Gasteiger partial charge in [0.15, 0.2) is 5.96 Å². The van der Waals surface area contributed by atoms with Gasteiger partial charge in [-0.1, -0.05) is 29.8 Å². The molecule has 1 aliphatic carbocycles. The Bertz CT molecular complexity index is 565. The Hall–Kier alpha value is -1.26. The lowest BCUT2D eigenvalue weighted by molar-refractivity contribution is 0.0531. The van der Waals surface area contributed by atoms with Gasteiger partial charge in [-0.15, -0.1) is 0 Å². The van der Waals surface area contributed by atoms with Crippen LogP contribution in [-0.2, 0) is 10.2 Å². The first-order valence-electron chi connectivity index (χ1n) is 9.08. The summed E-state index contributed by atoms with van der Waals surface area (Å²) in [7, 11) is 0. The molecule has 4 nitrogen and oxygen atoms in total. The van der Waals surface area contributed by atoms with Crippen molar-refractivity contribution < 1.29 is 4.74 Å². The van der Waals surface area contributed by atoms with E-state index in [1.54, 1.807) is 0 Å². The summed E-state index contributed by atoms with van der Waals surface area (Å²) in [5, 5.41) is 7.68. The van der Waals surface area contributed by atoms with Crippen LogP contribution in [0.4, 0.5) is 0 Å². The van der Waals surface area contributed by atoms with Crippen molar-refractivity contribution in [1.82, 2.24) is 10.6 Å². The minimum Gasteiger partial charge on any atom is -0.381 e. The van der Waals surface area contributed by atoms with Crippen molar-refractivity contribution in [2.45, 2.75) is 38.0 Å². The zero-order valence-corrected chi connectivity index (χ0v) is 15.2. The molecular formula is C19H28ClN3O. The zero-order chi connectivity index (χ0) is 16.8. The summed E-state index contributed by atoms with van der Waals surface area (Å²) in [6.45, 7) is 6.28. The smallest absolute Gasteiger partial charge is 0.191 e. The van der Waals surface area contributed by atoms with Gasteiger partial charge in [0.05, 0.1) is 6.54 Å². The third kappa shape index (κ3) is 4.42. The number of rotatable bonds is 6. The highest BCUT2D eigenvalue weighted by Gasteiger charge is 2.36. The Morgan fingerprint density at radius 1 is 1.25 bits per heavy atom. The average molecular weight is 350 g/mol. The fraction of sp³-hybridized carbons (Fsp3) is 0.632. The van der Waals surface area contributed by atoms with Crippen molar-refractivity contribution in [3.05, 3.63) is 34.9 Å². The van der Waals surface area contributed by atoms with Gasteiger partial charge in [0.1, 0.15) is 0 Å². The van der Waals surface area contributed by atoms with E-state index in [-0.39, 0.29) is 5.41 Å². The molecule has 0 bridgehead atoms. The molecule has 2 N–H and O–H groups in total. The Morgan fingerprint density at radius 3 is 2.67 bits per heavy atom. The Labute approximate surface area is 150 Å². The van der Waals surface area contributed by atoms with Gasteiger partial charge < -0.3 is 15.4 Å². The van der Waals surface area contributed by atoms with Crippen LogP contribution in [0.3, 0.4) is 0 Å². The minimum atomic E-state index is -0.0292. The lowest BCUT2D eigenvalue weighted by Crippen LogP contribution is -2.42. The molecule has 2 fully saturated rings. The summed E-state index contributed by atoms with van der Waals surface area (Å²) in [5.41, 5.74) is 1.18. The second-order valence-corrected chi connectivity index (χ2v) is 7.30. The van der Waals surface area contributed by atoms with Gasteiger partial charge in [0, 0.05) is 36.7 Å². The molecule has 1 saturated heterocycles. The standard InChI is InChI=1S/C19H28ClN3O/c1-2-21-18(22-13-15-7-8-15)23-14-19(9-11-24-12-10-19)16-5-3-4-6-17(16)20/h3-6,15H,2,7-14H2,1H3,(H2,21,22,23). The van der Waals surface area contributed by atoms with Gasteiger partial charge in [-0.05, 0) is 50.2 Å². The summed E-state index contributed by atoms with van der Waals surface area (Å²) in [6.07, 6.45) is 4.60. The molecule has 1 aromatic carbocycles. The Kier molecular flexibility index (Phi) is 6.01. The normalized spacial score (nSPS) is 20.7. The molecule has 0 atom stereocenters. The van der Waals surface area contributed by atoms with E-state index in [4.69, 9.17) is 21.3 Å². The van der Waals surface area contributed by atoms with Crippen molar-refractivity contribution in [3.63, 3.8) is 0 Å². The molecular weight excluding hydrogens is 322 g/mol. The maximum Gasteiger partial charge on any atom is 0.191 e. The highest BCUT2D eigenvalue weighted by molar-refractivity contribution is 6.31. The summed E-state index contributed by atoms with van der Waals surface area (Å²) >= 11 is 6.51. The molecule has 3 rings (SSSR count). The Balaban J connectivity index is 1.77. The molecule has 132 valence electrons. The zero-order valence-electron chi connectivity index (χ0n) is 14.5. The van der Waals surface area contributed by atoms with Crippen LogP contribution in [0.25, 0.3) is 0 Å². The fourth-order valence-corrected chi connectivity index (χ4v) is 3.64. The van der Waals surface area contributed by atoms with Crippen LogP contribution in [0, 0.1) is 5.92 Å². The third-order valence-corrected chi connectivity index (χ3v) is 5.36. The van der Waals surface area contributed by atoms with Crippen LogP contribution in [-0.4, -0.2) is 38.8 Å². The van der Waals surface area contributed by atoms with Crippen LogP contribution in [0.2, 0.25) is 5.02 Å². The predicted octanol–water partition coefficient (Wildman–Crippen LogP) is 3.35. The van der Waals surface area contributed by atoms with E-state index in [1.807, 2.05) is 12.1 Å². The van der Waals surface area contributed by atoms with E-state index < -0.39 is 0 Å². The fourth-order valence-electron chi connectivity index (χ4n) is 3.30. The van der Waals surface area contributed by atoms with Crippen LogP contribution < -0.4 is 10.6 Å². The van der Waals surface area contributed by atoms with Gasteiger partial charge in [0.2, 0.25) is 0 Å². The molecule has 5 heteroatoms. The van der Waals surface area contributed by atoms with Gasteiger partial charge in [-0.25, -0.2) is 0 Å². The van der Waals surface area contributed by atoms with Crippen LogP contribution >= 0.6 is 11.6 Å². The molecule has 1 heterocycles. The molecule has 1 aliphatic heterocycles. The van der Waals surface area contributed by atoms with Gasteiger partial charge in [-0.2, -0.15) is 0 Å². The van der Waals surface area contributed by atoms with Gasteiger partial charge in [-0.3, -0.25) is 4.99 Å². The molecule has 1 aromatic rings. The van der Waals surface area contributed by atoms with E-state index in [0.29, 0.717) is 0 Å². The van der Waals surface area contributed by atoms with Gasteiger partial charge >= 0.3 is 0 Å². The number of halogens is 1. The first-order chi connectivity index (χ1) is 11.7. The monoisotopic (exact) mass is 349 g/mol. The minimum absolute atomic E-state index is 0.0292. The number of ether oxygens (including phenoxy) is 1. The van der Waals surface area contributed by atoms with Gasteiger partial charge in [0.25, 0.3) is 0 Å². The first kappa shape index (κ1) is 17.6. The third-order valence-electron chi connectivity index (χ3n) is 5.03. The van der Waals surface area contributed by atoms with E-state index in [1.165, 1.54) is 18.4 Å². The molecule has 2 aliphatic rings. The predicted molar refractivity (Wildman–Crippen MR) is 99.9 cm³/mol. The SMILES string of the molecule is CCNC(=NCC1(c2ccccc2Cl)CCOCC1)NCC1CC1. The number of aliphatic imine (C=N–C) groups is 1. The maximum absolute atomic E-state index is 6.51. The van der Waals surface area contributed by atoms with E-state index in [9.17, 15) is 0 Å². The summed E-state index contributed by atoms with van der Waals surface area (Å²) in [5.74, 6) is 1.75. The summed E-state index contributed by atoms with van der Waals surface area (Å²) < 4.78 is 5.60. The molecule has 0 aromatic heterocycles. The molecule has 0 spiro atoms. The number of benzene rings is 1. The lowest BCUT2D eigenvalue weighted by atomic mass is 9.74. The van der Waals surface area contributed by atoms with Crippen molar-refractivity contribution in [1.29, 1.82) is 0 Å². The van der Waals surface area contributed by atoms with E-state index in [2.05, 4.69) is 29.7 Å². The average Bonchev–Trinajstić information content (AvgIpc) is 3.43. The molecule has 0 unspecified atom stereocenters. The number of hydrogen-bond acceptors (Lipinski definition) is 2. The summed E-state index contributed by atoms with van der Waals surface area (Å²) in [6, 6.07) is 8.18. The van der Waals surface area contributed by atoms with Crippen molar-refractivity contribution in [3.8, 4) is 0 Å². The molecule has 0 radical (unpaired) electrons. The second-order valence-electron chi connectivity index (χ2n) is 6.89. The number of nitrogens with zero attached hydrogens (tertiary/aromatic N) is 1. The van der Waals surface area contributed by atoms with Crippen LogP contribution in [0.1, 0.15) is 38.2 Å². The quantitative estimate of drug-likeness (QED) is 0.611. The number of hydrogen-bond donors (Lipinski definition) is 2. The van der Waals surface area contributed by atoms with Crippen LogP contribution in [0.5, 0.6) is 0 Å². The molecule has 24 heavy (non-hydrogen) atoms. The number of guanidine groups is 1. The van der Waals surface area contributed by atoms with Crippen molar-refractivity contribution >= 4 is 17.6 Å². The van der Waals surface area contributed by atoms with Crippen LogP contribution in [0.15, 0.2) is 29.3 Å². The lowest BCUT2D eigenvalue weighted by Gasteiger charge is -2.37. The highest BCUT2D eigenvalue weighted by Crippen LogP contribution is 2.38. The van der Waals surface area contributed by atoms with E-state index >= 15 is 0 Å². The topological polar surface area (TPSA) is 45.7 Å². The molecule has 0 amide bonds. The highest BCUT2D eigenvalue weighted by atomic mass is 35.5. The summed E-state index contributed by atoms with van der Waals surface area (Å²) in [4.78, 5) is 4.91. The first-order valence-corrected chi connectivity index (χ1v) is 9.46. The largest absolute Gasteiger partial charge is 0.381 e. The van der Waals surface area contributed by atoms with E-state index in [0.717, 1.165) is 62.6 Å².